The van der Waals surface area contributed by atoms with E-state index in [1.807, 2.05) is 0 Å². The summed E-state index contributed by atoms with van der Waals surface area (Å²) in [5.74, 6) is 4.22. The van der Waals surface area contributed by atoms with Gasteiger partial charge in [-0.15, -0.1) is 0 Å². The van der Waals surface area contributed by atoms with Gasteiger partial charge in [0, 0.05) is 13.0 Å². The predicted molar refractivity (Wildman–Crippen MR) is 99.8 cm³/mol. The highest BCUT2D eigenvalue weighted by Crippen LogP contribution is 2.67. The average Bonchev–Trinajstić information content (AvgIpc) is 2.95. The first-order valence-electron chi connectivity index (χ1n) is 10.7. The highest BCUT2D eigenvalue weighted by Gasteiger charge is 2.61. The number of Topliss-reactive ketones (excluding diaryl/α,β-unsaturated/α-hetero) is 1. The van der Waals surface area contributed by atoms with Crippen molar-refractivity contribution >= 4 is 5.78 Å². The van der Waals surface area contributed by atoms with Gasteiger partial charge in [0.25, 0.3) is 0 Å². The van der Waals surface area contributed by atoms with Crippen LogP contribution in [-0.2, 0) is 4.79 Å². The first-order chi connectivity index (χ1) is 11.8. The van der Waals surface area contributed by atoms with E-state index in [9.17, 15) is 9.90 Å². The van der Waals surface area contributed by atoms with Crippen molar-refractivity contribution in [3.05, 3.63) is 0 Å². The summed E-state index contributed by atoms with van der Waals surface area (Å²) in [6.07, 6.45) is 9.43. The maximum atomic E-state index is 12.2. The number of aliphatic hydroxyl groups excluding tert-OH is 1. The van der Waals surface area contributed by atoms with Crippen molar-refractivity contribution in [1.29, 1.82) is 0 Å². The summed E-state index contributed by atoms with van der Waals surface area (Å²) in [7, 11) is 0. The quantitative estimate of drug-likeness (QED) is 0.799. The number of fused-ring (bicyclic) bond motifs is 5. The molecule has 3 heteroatoms. The molecule has 0 amide bonds. The van der Waals surface area contributed by atoms with Crippen molar-refractivity contribution in [3.63, 3.8) is 0 Å². The van der Waals surface area contributed by atoms with Crippen LogP contribution in [0.15, 0.2) is 0 Å². The lowest BCUT2D eigenvalue weighted by Gasteiger charge is -2.61. The van der Waals surface area contributed by atoms with E-state index in [-0.39, 0.29) is 11.5 Å². The summed E-state index contributed by atoms with van der Waals surface area (Å²) < 4.78 is 0. The van der Waals surface area contributed by atoms with Gasteiger partial charge in [0.15, 0.2) is 0 Å². The van der Waals surface area contributed by atoms with E-state index in [2.05, 4.69) is 20.8 Å². The van der Waals surface area contributed by atoms with E-state index in [1.54, 1.807) is 0 Å². The zero-order chi connectivity index (χ0) is 18.0. The van der Waals surface area contributed by atoms with Gasteiger partial charge in [0.2, 0.25) is 0 Å². The molecule has 9 atom stereocenters. The van der Waals surface area contributed by atoms with E-state index >= 15 is 0 Å². The topological polar surface area (TPSA) is 63.3 Å². The fraction of sp³-hybridized carbons (Fsp3) is 0.955. The molecule has 9 unspecified atom stereocenters. The van der Waals surface area contributed by atoms with Gasteiger partial charge in [0.1, 0.15) is 5.78 Å². The van der Waals surface area contributed by atoms with Crippen LogP contribution in [0.25, 0.3) is 0 Å². The summed E-state index contributed by atoms with van der Waals surface area (Å²) in [5.41, 5.74) is 7.07. The zero-order valence-electron chi connectivity index (χ0n) is 16.3. The van der Waals surface area contributed by atoms with Gasteiger partial charge in [-0.05, 0) is 91.3 Å². The maximum absolute atomic E-state index is 12.2. The fourth-order valence-electron chi connectivity index (χ4n) is 8.33. The van der Waals surface area contributed by atoms with Gasteiger partial charge >= 0.3 is 0 Å². The third-order valence-electron chi connectivity index (χ3n) is 9.71. The molecule has 142 valence electrons. The van der Waals surface area contributed by atoms with Gasteiger partial charge in [0.05, 0.1) is 6.04 Å². The standard InChI is InChI=1S/C22H37NO2/c1-13(12-24)15-6-7-16-14-4-5-18-20(23)19(25)9-11-22(18,3)17(14)8-10-21(15,16)2/h13-18,20,24H,4-12,23H2,1-3H3. The number of nitrogens with two attached hydrogens (primary N) is 1. The van der Waals surface area contributed by atoms with Crippen LogP contribution in [-0.4, -0.2) is 23.5 Å². The fourth-order valence-corrected chi connectivity index (χ4v) is 8.33. The minimum atomic E-state index is -0.209. The predicted octanol–water partition coefficient (Wildman–Crippen LogP) is 3.78. The minimum Gasteiger partial charge on any atom is -0.396 e. The summed E-state index contributed by atoms with van der Waals surface area (Å²) in [6.45, 7) is 7.57. The molecule has 0 aliphatic heterocycles. The van der Waals surface area contributed by atoms with Gasteiger partial charge < -0.3 is 10.8 Å². The van der Waals surface area contributed by atoms with Crippen LogP contribution < -0.4 is 5.73 Å². The van der Waals surface area contributed by atoms with E-state index in [1.165, 1.54) is 32.1 Å². The lowest BCUT2D eigenvalue weighted by Crippen LogP contribution is -2.59. The molecule has 0 bridgehead atoms. The number of ketones is 1. The molecule has 0 saturated heterocycles. The Bertz CT molecular complexity index is 548. The Kier molecular flexibility index (Phi) is 4.35. The SMILES string of the molecule is CC(CO)C1CCC2C3CCC4C(N)C(=O)CCC4(C)C3CCC12C. The average molecular weight is 348 g/mol. The Morgan fingerprint density at radius 2 is 1.72 bits per heavy atom. The van der Waals surface area contributed by atoms with Crippen LogP contribution in [0.2, 0.25) is 0 Å². The Morgan fingerprint density at radius 1 is 1.04 bits per heavy atom. The molecule has 25 heavy (non-hydrogen) atoms. The van der Waals surface area contributed by atoms with Crippen LogP contribution in [0.5, 0.6) is 0 Å². The highest BCUT2D eigenvalue weighted by molar-refractivity contribution is 5.85. The van der Waals surface area contributed by atoms with E-state index in [4.69, 9.17) is 5.73 Å². The van der Waals surface area contributed by atoms with Gasteiger partial charge in [-0.1, -0.05) is 20.8 Å². The van der Waals surface area contributed by atoms with E-state index < -0.39 is 0 Å². The second kappa shape index (κ2) is 6.05. The third kappa shape index (κ3) is 2.41. The molecule has 4 rings (SSSR count). The van der Waals surface area contributed by atoms with Crippen molar-refractivity contribution in [2.45, 2.75) is 78.2 Å². The monoisotopic (exact) mass is 347 g/mol. The van der Waals surface area contributed by atoms with Crippen LogP contribution >= 0.6 is 0 Å². The Hall–Kier alpha value is -0.410. The smallest absolute Gasteiger partial charge is 0.149 e. The van der Waals surface area contributed by atoms with Crippen LogP contribution in [0, 0.1) is 46.3 Å². The van der Waals surface area contributed by atoms with Gasteiger partial charge in [-0.3, -0.25) is 4.79 Å². The largest absolute Gasteiger partial charge is 0.396 e. The minimum absolute atomic E-state index is 0.209. The third-order valence-corrected chi connectivity index (χ3v) is 9.71. The van der Waals surface area contributed by atoms with Crippen molar-refractivity contribution < 1.29 is 9.90 Å². The lowest BCUT2D eigenvalue weighted by atomic mass is 9.44. The summed E-state index contributed by atoms with van der Waals surface area (Å²) in [5, 5.41) is 9.74. The maximum Gasteiger partial charge on any atom is 0.149 e. The van der Waals surface area contributed by atoms with Crippen molar-refractivity contribution in [2.24, 2.45) is 52.1 Å². The summed E-state index contributed by atoms with van der Waals surface area (Å²) >= 11 is 0. The molecule has 0 aromatic heterocycles. The second-order valence-electron chi connectivity index (χ2n) is 10.4. The Balaban J connectivity index is 1.61. The molecular weight excluding hydrogens is 310 g/mol. The number of hydrogen-bond donors (Lipinski definition) is 2. The molecule has 0 heterocycles. The normalized spacial score (nSPS) is 53.7. The first kappa shape index (κ1) is 18.0. The Morgan fingerprint density at radius 3 is 2.44 bits per heavy atom. The molecule has 0 aromatic rings. The number of hydrogen-bond acceptors (Lipinski definition) is 3. The van der Waals surface area contributed by atoms with Crippen molar-refractivity contribution in [3.8, 4) is 0 Å². The first-order valence-corrected chi connectivity index (χ1v) is 10.7. The summed E-state index contributed by atoms with van der Waals surface area (Å²) in [6, 6.07) is -0.209. The van der Waals surface area contributed by atoms with E-state index in [0.717, 1.165) is 30.6 Å². The van der Waals surface area contributed by atoms with Crippen molar-refractivity contribution in [1.82, 2.24) is 0 Å². The molecule has 0 aromatic carbocycles. The van der Waals surface area contributed by atoms with Gasteiger partial charge in [-0.25, -0.2) is 0 Å². The molecule has 0 radical (unpaired) electrons. The summed E-state index contributed by atoms with van der Waals surface area (Å²) in [4.78, 5) is 12.2. The van der Waals surface area contributed by atoms with Crippen LogP contribution in [0.4, 0.5) is 0 Å². The molecule has 4 saturated carbocycles. The molecule has 3 N–H and O–H groups in total. The van der Waals surface area contributed by atoms with Crippen molar-refractivity contribution in [2.75, 3.05) is 6.61 Å². The molecule has 3 nitrogen and oxygen atoms in total. The molecule has 4 aliphatic carbocycles. The second-order valence-corrected chi connectivity index (χ2v) is 10.4. The molecule has 4 fully saturated rings. The molecular formula is C22H37NO2. The number of aliphatic hydroxyl groups is 1. The van der Waals surface area contributed by atoms with Crippen LogP contribution in [0.3, 0.4) is 0 Å². The highest BCUT2D eigenvalue weighted by atomic mass is 16.3. The number of carbonyl (C=O) groups excluding carboxylic acids is 1. The van der Waals surface area contributed by atoms with Gasteiger partial charge in [-0.2, -0.15) is 0 Å². The van der Waals surface area contributed by atoms with E-state index in [0.29, 0.717) is 42.0 Å². The Labute approximate surface area is 153 Å². The number of carbonyl (C=O) groups is 1. The van der Waals surface area contributed by atoms with Crippen LogP contribution in [0.1, 0.15) is 72.1 Å². The lowest BCUT2D eigenvalue weighted by molar-refractivity contribution is -0.144. The zero-order valence-corrected chi connectivity index (χ0v) is 16.3. The number of rotatable bonds is 2. The molecule has 4 aliphatic rings. The molecule has 0 spiro atoms.